The van der Waals surface area contributed by atoms with E-state index >= 15 is 0 Å². The Morgan fingerprint density at radius 2 is 1.69 bits per heavy atom. The molecule has 1 atom stereocenters. The normalized spacial score (nSPS) is 16.3. The molecule has 1 saturated heterocycles. The zero-order valence-electron chi connectivity index (χ0n) is 17.1. The summed E-state index contributed by atoms with van der Waals surface area (Å²) in [7, 11) is 1.67. The quantitative estimate of drug-likeness (QED) is 0.364. The van der Waals surface area contributed by atoms with Crippen molar-refractivity contribution in [3.8, 4) is 5.75 Å². The first kappa shape index (κ1) is 21.3. The molecule has 0 aliphatic carbocycles. The van der Waals surface area contributed by atoms with Crippen LogP contribution in [0.2, 0.25) is 0 Å². The van der Waals surface area contributed by atoms with Gasteiger partial charge in [0.1, 0.15) is 18.5 Å². The summed E-state index contributed by atoms with van der Waals surface area (Å²) >= 11 is 0. The van der Waals surface area contributed by atoms with E-state index < -0.39 is 5.97 Å². The number of piperidine rings is 1. The highest BCUT2D eigenvalue weighted by molar-refractivity contribution is 5.65. The second-order valence-corrected chi connectivity index (χ2v) is 7.14. The summed E-state index contributed by atoms with van der Waals surface area (Å²) in [6, 6.07) is 18.4. The minimum Gasteiger partial charge on any atom is -0.497 e. The highest BCUT2D eigenvalue weighted by Crippen LogP contribution is 2.31. The number of carbonyl (C=O) groups is 1. The molecule has 0 bridgehead atoms. The van der Waals surface area contributed by atoms with Crippen molar-refractivity contribution in [1.29, 1.82) is 0 Å². The molecule has 0 amide bonds. The Labute approximate surface area is 172 Å². The Bertz CT molecular complexity index is 742. The summed E-state index contributed by atoms with van der Waals surface area (Å²) in [5.74, 6) is 0.410. The number of hydrogen-bond acceptors (Lipinski definition) is 6. The van der Waals surface area contributed by atoms with Gasteiger partial charge in [-0.2, -0.15) is 4.89 Å². The maximum absolute atomic E-state index is 10.7. The van der Waals surface area contributed by atoms with Crippen molar-refractivity contribution >= 4 is 5.97 Å². The van der Waals surface area contributed by atoms with Crippen LogP contribution in [0.3, 0.4) is 0 Å². The Morgan fingerprint density at radius 3 is 2.31 bits per heavy atom. The molecule has 3 rings (SSSR count). The monoisotopic (exact) mass is 399 g/mol. The standard InChI is InChI=1S/C23H29NO5/c1-18(25)29-27-17-16-24-14-12-22(13-15-24)28-23(19-6-4-3-5-7-19)20-8-10-21(26-2)11-9-20/h3-11,22-23H,12-17H2,1-2H3. The third-order valence-corrected chi connectivity index (χ3v) is 5.05. The number of methoxy groups -OCH3 is 1. The minimum absolute atomic E-state index is 0.106. The third kappa shape index (κ3) is 6.56. The van der Waals surface area contributed by atoms with E-state index in [1.165, 1.54) is 6.92 Å². The largest absolute Gasteiger partial charge is 0.497 e. The second kappa shape index (κ2) is 11.0. The van der Waals surface area contributed by atoms with Crippen LogP contribution in [0.5, 0.6) is 5.75 Å². The van der Waals surface area contributed by atoms with Gasteiger partial charge in [0.2, 0.25) is 0 Å². The van der Waals surface area contributed by atoms with Gasteiger partial charge in [0, 0.05) is 26.6 Å². The van der Waals surface area contributed by atoms with Gasteiger partial charge in [0.25, 0.3) is 0 Å². The van der Waals surface area contributed by atoms with Gasteiger partial charge in [-0.1, -0.05) is 42.5 Å². The summed E-state index contributed by atoms with van der Waals surface area (Å²) < 4.78 is 11.9. The number of benzene rings is 2. The molecule has 1 unspecified atom stereocenters. The Morgan fingerprint density at radius 1 is 1.03 bits per heavy atom. The van der Waals surface area contributed by atoms with E-state index in [0.29, 0.717) is 6.61 Å². The average molecular weight is 399 g/mol. The summed E-state index contributed by atoms with van der Waals surface area (Å²) in [4.78, 5) is 22.4. The van der Waals surface area contributed by atoms with Crippen molar-refractivity contribution in [2.45, 2.75) is 32.0 Å². The molecule has 29 heavy (non-hydrogen) atoms. The van der Waals surface area contributed by atoms with Crippen LogP contribution in [-0.2, 0) is 19.3 Å². The van der Waals surface area contributed by atoms with Crippen molar-refractivity contribution in [3.63, 3.8) is 0 Å². The summed E-state index contributed by atoms with van der Waals surface area (Å²) in [6.07, 6.45) is 1.99. The molecule has 2 aromatic rings. The molecule has 0 N–H and O–H groups in total. The van der Waals surface area contributed by atoms with Crippen molar-refractivity contribution in [3.05, 3.63) is 65.7 Å². The molecular formula is C23H29NO5. The number of hydrogen-bond donors (Lipinski definition) is 0. The number of ether oxygens (including phenoxy) is 2. The lowest BCUT2D eigenvalue weighted by molar-refractivity contribution is -0.271. The Kier molecular flexibility index (Phi) is 8.04. The van der Waals surface area contributed by atoms with Gasteiger partial charge in [0.05, 0.1) is 13.2 Å². The molecule has 1 aliphatic rings. The van der Waals surface area contributed by atoms with Gasteiger partial charge < -0.3 is 14.4 Å². The average Bonchev–Trinajstić information content (AvgIpc) is 2.76. The topological polar surface area (TPSA) is 57.2 Å². The van der Waals surface area contributed by atoms with Crippen molar-refractivity contribution in [2.24, 2.45) is 0 Å². The lowest BCUT2D eigenvalue weighted by atomic mass is 10.00. The molecule has 6 heteroatoms. The summed E-state index contributed by atoms with van der Waals surface area (Å²) in [5.41, 5.74) is 2.27. The fourth-order valence-electron chi connectivity index (χ4n) is 3.51. The van der Waals surface area contributed by atoms with E-state index in [0.717, 1.165) is 49.4 Å². The van der Waals surface area contributed by atoms with Crippen LogP contribution in [0.25, 0.3) is 0 Å². The minimum atomic E-state index is -0.428. The molecule has 6 nitrogen and oxygen atoms in total. The summed E-state index contributed by atoms with van der Waals surface area (Å²) in [5, 5.41) is 0. The van der Waals surface area contributed by atoms with E-state index in [1.807, 2.05) is 30.3 Å². The van der Waals surface area contributed by atoms with Gasteiger partial charge in [-0.15, -0.1) is 0 Å². The van der Waals surface area contributed by atoms with Gasteiger partial charge in [-0.25, -0.2) is 4.79 Å². The SMILES string of the molecule is COc1ccc(C(OC2CCN(CCOOC(C)=O)CC2)c2ccccc2)cc1. The van der Waals surface area contributed by atoms with Crippen LogP contribution in [0.4, 0.5) is 0 Å². The van der Waals surface area contributed by atoms with E-state index in [4.69, 9.17) is 14.4 Å². The highest BCUT2D eigenvalue weighted by atomic mass is 17.2. The smallest absolute Gasteiger partial charge is 0.339 e. The molecule has 1 fully saturated rings. The van der Waals surface area contributed by atoms with Crippen molar-refractivity contribution in [1.82, 2.24) is 4.90 Å². The Balaban J connectivity index is 1.57. The summed E-state index contributed by atoms with van der Waals surface area (Å²) in [6.45, 7) is 4.30. The predicted molar refractivity (Wildman–Crippen MR) is 110 cm³/mol. The van der Waals surface area contributed by atoms with Crippen LogP contribution in [-0.4, -0.2) is 50.3 Å². The molecule has 0 aromatic heterocycles. The maximum Gasteiger partial charge on any atom is 0.339 e. The zero-order valence-corrected chi connectivity index (χ0v) is 17.1. The zero-order chi connectivity index (χ0) is 20.5. The molecule has 1 heterocycles. The Hall–Kier alpha value is -2.41. The fourth-order valence-corrected chi connectivity index (χ4v) is 3.51. The van der Waals surface area contributed by atoms with Crippen LogP contribution in [0.1, 0.15) is 37.0 Å². The lowest BCUT2D eigenvalue weighted by Gasteiger charge is -2.34. The van der Waals surface area contributed by atoms with E-state index in [1.54, 1.807) is 7.11 Å². The molecular weight excluding hydrogens is 370 g/mol. The number of likely N-dealkylation sites (tertiary alicyclic amines) is 1. The van der Waals surface area contributed by atoms with E-state index in [-0.39, 0.29) is 12.2 Å². The van der Waals surface area contributed by atoms with Crippen molar-refractivity contribution < 1.29 is 24.0 Å². The molecule has 0 radical (unpaired) electrons. The van der Waals surface area contributed by atoms with Gasteiger partial charge in [-0.05, 0) is 36.1 Å². The first-order chi connectivity index (χ1) is 14.2. The predicted octanol–water partition coefficient (Wildman–Crippen LogP) is 3.76. The number of carbonyl (C=O) groups excluding carboxylic acids is 1. The molecule has 156 valence electrons. The molecule has 2 aromatic carbocycles. The van der Waals surface area contributed by atoms with Crippen LogP contribution in [0.15, 0.2) is 54.6 Å². The van der Waals surface area contributed by atoms with Crippen molar-refractivity contribution in [2.75, 3.05) is 33.4 Å². The van der Waals surface area contributed by atoms with Crippen LogP contribution >= 0.6 is 0 Å². The molecule has 1 aliphatic heterocycles. The van der Waals surface area contributed by atoms with Crippen LogP contribution < -0.4 is 4.74 Å². The number of nitrogens with zero attached hydrogens (tertiary/aromatic N) is 1. The van der Waals surface area contributed by atoms with E-state index in [2.05, 4.69) is 34.1 Å². The van der Waals surface area contributed by atoms with Gasteiger partial charge in [-0.3, -0.25) is 4.89 Å². The highest BCUT2D eigenvalue weighted by Gasteiger charge is 2.24. The second-order valence-electron chi connectivity index (χ2n) is 7.14. The van der Waals surface area contributed by atoms with Crippen LogP contribution in [0, 0.1) is 0 Å². The fraction of sp³-hybridized carbons (Fsp3) is 0.435. The molecule has 0 spiro atoms. The molecule has 0 saturated carbocycles. The van der Waals surface area contributed by atoms with E-state index in [9.17, 15) is 4.79 Å². The number of rotatable bonds is 9. The first-order valence-corrected chi connectivity index (χ1v) is 10.0. The first-order valence-electron chi connectivity index (χ1n) is 10.0. The van der Waals surface area contributed by atoms with Gasteiger partial charge in [0.15, 0.2) is 0 Å². The lowest BCUT2D eigenvalue weighted by Crippen LogP contribution is -2.39. The van der Waals surface area contributed by atoms with Gasteiger partial charge >= 0.3 is 5.97 Å². The maximum atomic E-state index is 10.7. The third-order valence-electron chi connectivity index (χ3n) is 5.05.